The summed E-state index contributed by atoms with van der Waals surface area (Å²) in [6.07, 6.45) is 0. The van der Waals surface area contributed by atoms with E-state index in [4.69, 9.17) is 19.9 Å². The number of carbonyl (C=O) groups is 1. The Labute approximate surface area is 177 Å². The first-order valence-electron chi connectivity index (χ1n) is 10.4. The van der Waals surface area contributed by atoms with Gasteiger partial charge in [0.1, 0.15) is 0 Å². The number of morpholine rings is 1. The molecule has 1 amide bonds. The first kappa shape index (κ1) is 20.5. The van der Waals surface area contributed by atoms with Crippen molar-refractivity contribution in [3.8, 4) is 11.5 Å². The highest BCUT2D eigenvalue weighted by molar-refractivity contribution is 5.75. The number of hydrogen-bond donors (Lipinski definition) is 1. The Morgan fingerprint density at radius 3 is 2.73 bits per heavy atom. The second-order valence-corrected chi connectivity index (χ2v) is 7.79. The minimum Gasteiger partial charge on any atom is -0.493 e. The Kier molecular flexibility index (Phi) is 6.40. The van der Waals surface area contributed by atoms with Gasteiger partial charge in [-0.25, -0.2) is 0 Å². The molecule has 0 spiro atoms. The highest BCUT2D eigenvalue weighted by Gasteiger charge is 2.30. The van der Waals surface area contributed by atoms with Crippen molar-refractivity contribution in [2.45, 2.75) is 12.5 Å². The van der Waals surface area contributed by atoms with Gasteiger partial charge in [0.15, 0.2) is 18.1 Å². The quantitative estimate of drug-likeness (QED) is 0.716. The van der Waals surface area contributed by atoms with Crippen molar-refractivity contribution in [1.29, 1.82) is 0 Å². The van der Waals surface area contributed by atoms with E-state index in [0.717, 1.165) is 51.5 Å². The van der Waals surface area contributed by atoms with Crippen molar-refractivity contribution in [2.24, 2.45) is 5.73 Å². The van der Waals surface area contributed by atoms with Gasteiger partial charge in [0.05, 0.1) is 20.3 Å². The average Bonchev–Trinajstić information content (AvgIpc) is 3.10. The maximum Gasteiger partial charge on any atom is 0.255 e. The number of ether oxygens (including phenoxy) is 3. The molecule has 2 heterocycles. The SMILES string of the molecule is COc1cc(CN2C[C@@H](CN3CCOCC3)c3ccccc32)ccc1OCC(N)=O. The van der Waals surface area contributed by atoms with Crippen LogP contribution in [-0.4, -0.2) is 63.9 Å². The van der Waals surface area contributed by atoms with E-state index < -0.39 is 5.91 Å². The van der Waals surface area contributed by atoms with E-state index in [1.165, 1.54) is 11.3 Å². The number of hydrogen-bond acceptors (Lipinski definition) is 6. The van der Waals surface area contributed by atoms with E-state index >= 15 is 0 Å². The molecule has 0 bridgehead atoms. The molecule has 7 nitrogen and oxygen atoms in total. The molecule has 0 radical (unpaired) electrons. The molecule has 7 heteroatoms. The van der Waals surface area contributed by atoms with E-state index in [2.05, 4.69) is 34.1 Å². The van der Waals surface area contributed by atoms with Gasteiger partial charge in [-0.2, -0.15) is 0 Å². The Morgan fingerprint density at radius 1 is 1.17 bits per heavy atom. The lowest BCUT2D eigenvalue weighted by molar-refractivity contribution is -0.119. The molecule has 0 saturated carbocycles. The molecule has 2 aromatic carbocycles. The zero-order valence-corrected chi connectivity index (χ0v) is 17.4. The number of nitrogens with two attached hydrogens (primary N) is 1. The van der Waals surface area contributed by atoms with E-state index in [1.54, 1.807) is 7.11 Å². The topological polar surface area (TPSA) is 77.3 Å². The molecule has 0 unspecified atom stereocenters. The largest absolute Gasteiger partial charge is 0.493 e. The molecule has 2 aliphatic rings. The third-order valence-electron chi connectivity index (χ3n) is 5.71. The molecule has 2 aliphatic heterocycles. The molecular weight excluding hydrogens is 382 g/mol. The number of rotatable bonds is 8. The summed E-state index contributed by atoms with van der Waals surface area (Å²) in [5.74, 6) is 1.10. The monoisotopic (exact) mass is 411 g/mol. The van der Waals surface area contributed by atoms with Gasteiger partial charge in [0.2, 0.25) is 0 Å². The fourth-order valence-electron chi connectivity index (χ4n) is 4.28. The highest BCUT2D eigenvalue weighted by Crippen LogP contribution is 2.38. The van der Waals surface area contributed by atoms with Crippen molar-refractivity contribution < 1.29 is 19.0 Å². The zero-order valence-electron chi connectivity index (χ0n) is 17.4. The summed E-state index contributed by atoms with van der Waals surface area (Å²) in [4.78, 5) is 15.9. The van der Waals surface area contributed by atoms with E-state index in [-0.39, 0.29) is 6.61 Å². The van der Waals surface area contributed by atoms with Crippen LogP contribution in [0.1, 0.15) is 17.0 Å². The lowest BCUT2D eigenvalue weighted by Gasteiger charge is -2.29. The number of anilines is 1. The number of nitrogens with zero attached hydrogens (tertiary/aromatic N) is 2. The van der Waals surface area contributed by atoms with Crippen molar-refractivity contribution in [3.63, 3.8) is 0 Å². The van der Waals surface area contributed by atoms with Gasteiger partial charge in [-0.3, -0.25) is 9.69 Å². The van der Waals surface area contributed by atoms with Crippen LogP contribution in [0.3, 0.4) is 0 Å². The fraction of sp³-hybridized carbons (Fsp3) is 0.435. The Bertz CT molecular complexity index is 883. The van der Waals surface area contributed by atoms with Crippen LogP contribution in [0.4, 0.5) is 5.69 Å². The first-order chi connectivity index (χ1) is 14.6. The van der Waals surface area contributed by atoms with E-state index in [9.17, 15) is 4.79 Å². The van der Waals surface area contributed by atoms with Crippen LogP contribution in [0.15, 0.2) is 42.5 Å². The molecule has 30 heavy (non-hydrogen) atoms. The third-order valence-corrected chi connectivity index (χ3v) is 5.71. The molecule has 1 saturated heterocycles. The zero-order chi connectivity index (χ0) is 20.9. The standard InChI is InChI=1S/C23H29N3O4/c1-28-22-12-17(6-7-21(22)30-16-23(24)27)13-26-15-18(14-25-8-10-29-11-9-25)19-4-2-3-5-20(19)26/h2-7,12,18H,8-11,13-16H2,1H3,(H2,24,27)/t18-/m1/s1. The molecule has 0 aromatic heterocycles. The van der Waals surface area contributed by atoms with Crippen LogP contribution >= 0.6 is 0 Å². The van der Waals surface area contributed by atoms with Gasteiger partial charge in [-0.05, 0) is 29.3 Å². The number of para-hydroxylation sites is 1. The number of fused-ring (bicyclic) bond motifs is 1. The predicted octanol–water partition coefficient (Wildman–Crippen LogP) is 2.00. The Hall–Kier alpha value is -2.77. The molecule has 4 rings (SSSR count). The molecule has 2 N–H and O–H groups in total. The minimum atomic E-state index is -0.513. The molecular formula is C23H29N3O4. The Morgan fingerprint density at radius 2 is 1.97 bits per heavy atom. The molecule has 1 fully saturated rings. The van der Waals surface area contributed by atoms with E-state index in [0.29, 0.717) is 17.4 Å². The van der Waals surface area contributed by atoms with Crippen LogP contribution in [0.5, 0.6) is 11.5 Å². The van der Waals surface area contributed by atoms with Crippen molar-refractivity contribution in [1.82, 2.24) is 4.90 Å². The maximum atomic E-state index is 11.0. The normalized spacial score (nSPS) is 18.8. The summed E-state index contributed by atoms with van der Waals surface area (Å²) in [6.45, 7) is 6.30. The third kappa shape index (κ3) is 4.68. The summed E-state index contributed by atoms with van der Waals surface area (Å²) in [7, 11) is 1.60. The highest BCUT2D eigenvalue weighted by atomic mass is 16.5. The molecule has 160 valence electrons. The number of amides is 1. The lowest BCUT2D eigenvalue weighted by Crippen LogP contribution is -2.39. The van der Waals surface area contributed by atoms with Crippen molar-refractivity contribution in [2.75, 3.05) is 58.0 Å². The van der Waals surface area contributed by atoms with Crippen LogP contribution in [0, 0.1) is 0 Å². The van der Waals surface area contributed by atoms with Crippen molar-refractivity contribution >= 4 is 11.6 Å². The number of primary amides is 1. The van der Waals surface area contributed by atoms with Gasteiger partial charge in [-0.1, -0.05) is 24.3 Å². The van der Waals surface area contributed by atoms with Gasteiger partial charge in [0, 0.05) is 44.3 Å². The summed E-state index contributed by atoms with van der Waals surface area (Å²) >= 11 is 0. The number of carbonyl (C=O) groups excluding carboxylic acids is 1. The second-order valence-electron chi connectivity index (χ2n) is 7.79. The smallest absolute Gasteiger partial charge is 0.255 e. The number of benzene rings is 2. The average molecular weight is 412 g/mol. The number of methoxy groups -OCH3 is 1. The van der Waals surface area contributed by atoms with Gasteiger partial charge < -0.3 is 24.8 Å². The fourth-order valence-corrected chi connectivity index (χ4v) is 4.28. The second kappa shape index (κ2) is 9.36. The van der Waals surface area contributed by atoms with E-state index in [1.807, 2.05) is 18.2 Å². The summed E-state index contributed by atoms with van der Waals surface area (Å²) in [6, 6.07) is 14.5. The van der Waals surface area contributed by atoms with Crippen LogP contribution in [0.2, 0.25) is 0 Å². The molecule has 2 aromatic rings. The first-order valence-corrected chi connectivity index (χ1v) is 10.4. The van der Waals surface area contributed by atoms with Crippen LogP contribution in [-0.2, 0) is 16.1 Å². The summed E-state index contributed by atoms with van der Waals surface area (Å²) in [5, 5.41) is 0. The van der Waals surface area contributed by atoms with Crippen LogP contribution < -0.4 is 20.1 Å². The summed E-state index contributed by atoms with van der Waals surface area (Å²) < 4.78 is 16.4. The molecule has 1 atom stereocenters. The summed E-state index contributed by atoms with van der Waals surface area (Å²) in [5.41, 5.74) is 9.01. The molecule has 0 aliphatic carbocycles. The van der Waals surface area contributed by atoms with Gasteiger partial charge >= 0.3 is 0 Å². The minimum absolute atomic E-state index is 0.168. The predicted molar refractivity (Wildman–Crippen MR) is 115 cm³/mol. The van der Waals surface area contributed by atoms with Gasteiger partial charge in [-0.15, -0.1) is 0 Å². The maximum absolute atomic E-state index is 11.0. The lowest BCUT2D eigenvalue weighted by atomic mass is 10.0. The Balaban J connectivity index is 1.48. The van der Waals surface area contributed by atoms with Crippen LogP contribution in [0.25, 0.3) is 0 Å². The van der Waals surface area contributed by atoms with Gasteiger partial charge in [0.25, 0.3) is 5.91 Å². The van der Waals surface area contributed by atoms with Crippen molar-refractivity contribution in [3.05, 3.63) is 53.6 Å².